The van der Waals surface area contributed by atoms with Crippen LogP contribution in [0.2, 0.25) is 0 Å². The number of carbonyl (C=O) groups excluding carboxylic acids is 1. The highest BCUT2D eigenvalue weighted by atomic mass is 16.6. The average molecular weight is 206 g/mol. The van der Waals surface area contributed by atoms with E-state index in [1.165, 1.54) is 0 Å². The van der Waals surface area contributed by atoms with E-state index in [4.69, 9.17) is 4.74 Å². The van der Waals surface area contributed by atoms with Crippen LogP contribution >= 0.6 is 0 Å². The van der Waals surface area contributed by atoms with Crippen LogP contribution in [-0.4, -0.2) is 37.2 Å². The van der Waals surface area contributed by atoms with Crippen molar-refractivity contribution in [1.29, 1.82) is 0 Å². The second-order valence-corrected chi connectivity index (χ2v) is 3.42. The third kappa shape index (κ3) is 2.70. The molecule has 4 heteroatoms. The van der Waals surface area contributed by atoms with Gasteiger partial charge in [-0.3, -0.25) is 0 Å². The number of amides is 1. The van der Waals surface area contributed by atoms with Gasteiger partial charge in [0.2, 0.25) is 0 Å². The van der Waals surface area contributed by atoms with Gasteiger partial charge in [0.05, 0.1) is 0 Å². The Labute approximate surface area is 88.8 Å². The molecular formula is C11H14N2O2. The van der Waals surface area contributed by atoms with Crippen molar-refractivity contribution in [2.75, 3.05) is 26.2 Å². The maximum absolute atomic E-state index is 11.6. The van der Waals surface area contributed by atoms with E-state index in [0.29, 0.717) is 18.8 Å². The maximum atomic E-state index is 11.6. The lowest BCUT2D eigenvalue weighted by molar-refractivity contribution is 0.146. The summed E-state index contributed by atoms with van der Waals surface area (Å²) in [5.74, 6) is 0.598. The molecule has 1 amide bonds. The fourth-order valence-corrected chi connectivity index (χ4v) is 1.50. The number of rotatable bonds is 1. The highest BCUT2D eigenvalue weighted by molar-refractivity contribution is 5.70. The van der Waals surface area contributed by atoms with Gasteiger partial charge in [-0.15, -0.1) is 0 Å². The maximum Gasteiger partial charge on any atom is 0.415 e. The van der Waals surface area contributed by atoms with Crippen molar-refractivity contribution < 1.29 is 9.53 Å². The zero-order valence-electron chi connectivity index (χ0n) is 8.48. The first-order chi connectivity index (χ1) is 7.36. The van der Waals surface area contributed by atoms with Crippen LogP contribution in [-0.2, 0) is 0 Å². The Kier molecular flexibility index (Phi) is 3.19. The number of nitrogens with zero attached hydrogens (tertiary/aromatic N) is 1. The summed E-state index contributed by atoms with van der Waals surface area (Å²) in [7, 11) is 0. The number of benzene rings is 1. The van der Waals surface area contributed by atoms with Crippen LogP contribution in [0.25, 0.3) is 0 Å². The van der Waals surface area contributed by atoms with Gasteiger partial charge in [0.1, 0.15) is 5.75 Å². The third-order valence-electron chi connectivity index (χ3n) is 2.32. The van der Waals surface area contributed by atoms with Crippen molar-refractivity contribution in [1.82, 2.24) is 10.2 Å². The summed E-state index contributed by atoms with van der Waals surface area (Å²) in [5.41, 5.74) is 0. The standard InChI is InChI=1S/C11H14N2O2/c14-11(13-8-6-12-7-9-13)15-10-4-2-1-3-5-10/h1-5,12H,6-9H2. The Morgan fingerprint density at radius 2 is 1.87 bits per heavy atom. The summed E-state index contributed by atoms with van der Waals surface area (Å²) in [5, 5.41) is 3.18. The minimum Gasteiger partial charge on any atom is -0.410 e. The summed E-state index contributed by atoms with van der Waals surface area (Å²) in [6.07, 6.45) is -0.261. The Morgan fingerprint density at radius 3 is 2.53 bits per heavy atom. The van der Waals surface area contributed by atoms with E-state index < -0.39 is 0 Å². The Hall–Kier alpha value is -1.55. The second-order valence-electron chi connectivity index (χ2n) is 3.42. The van der Waals surface area contributed by atoms with Crippen molar-refractivity contribution >= 4 is 6.09 Å². The van der Waals surface area contributed by atoms with E-state index in [9.17, 15) is 4.79 Å². The highest BCUT2D eigenvalue weighted by Crippen LogP contribution is 2.10. The Balaban J connectivity index is 1.91. The van der Waals surface area contributed by atoms with Crippen LogP contribution in [0.4, 0.5) is 4.79 Å². The van der Waals surface area contributed by atoms with Crippen molar-refractivity contribution in [2.45, 2.75) is 0 Å². The minimum absolute atomic E-state index is 0.261. The molecule has 1 fully saturated rings. The third-order valence-corrected chi connectivity index (χ3v) is 2.32. The molecule has 1 aromatic rings. The van der Waals surface area contributed by atoms with Crippen LogP contribution in [0.5, 0.6) is 5.75 Å². The first kappa shape index (κ1) is 9.98. The summed E-state index contributed by atoms with van der Waals surface area (Å²) in [4.78, 5) is 13.4. The van der Waals surface area contributed by atoms with Gasteiger partial charge in [-0.25, -0.2) is 4.79 Å². The van der Waals surface area contributed by atoms with Crippen LogP contribution in [0, 0.1) is 0 Å². The molecule has 0 aromatic heterocycles. The molecule has 0 saturated carbocycles. The van der Waals surface area contributed by atoms with Gasteiger partial charge in [-0.05, 0) is 12.1 Å². The van der Waals surface area contributed by atoms with Gasteiger partial charge in [-0.1, -0.05) is 18.2 Å². The summed E-state index contributed by atoms with van der Waals surface area (Å²) in [6, 6.07) is 9.14. The SMILES string of the molecule is O=C(Oc1ccccc1)N1CCNCC1. The molecule has 0 bridgehead atoms. The number of hydrogen-bond acceptors (Lipinski definition) is 3. The van der Waals surface area contributed by atoms with E-state index in [2.05, 4.69) is 5.32 Å². The fraction of sp³-hybridized carbons (Fsp3) is 0.364. The minimum atomic E-state index is -0.261. The molecule has 0 aliphatic carbocycles. The molecule has 2 rings (SSSR count). The predicted octanol–water partition coefficient (Wildman–Crippen LogP) is 1.09. The van der Waals surface area contributed by atoms with E-state index >= 15 is 0 Å². The number of nitrogens with one attached hydrogen (secondary N) is 1. The number of para-hydroxylation sites is 1. The Morgan fingerprint density at radius 1 is 1.20 bits per heavy atom. The number of hydrogen-bond donors (Lipinski definition) is 1. The quantitative estimate of drug-likeness (QED) is 0.748. The molecule has 0 radical (unpaired) electrons. The summed E-state index contributed by atoms with van der Waals surface area (Å²) < 4.78 is 5.21. The van der Waals surface area contributed by atoms with Gasteiger partial charge in [0.25, 0.3) is 0 Å². The van der Waals surface area contributed by atoms with Crippen LogP contribution < -0.4 is 10.1 Å². The van der Waals surface area contributed by atoms with Gasteiger partial charge in [0, 0.05) is 26.2 Å². The first-order valence-corrected chi connectivity index (χ1v) is 5.09. The normalized spacial score (nSPS) is 16.1. The molecule has 1 aromatic carbocycles. The van der Waals surface area contributed by atoms with Crippen molar-refractivity contribution in [3.05, 3.63) is 30.3 Å². The number of piperazine rings is 1. The molecular weight excluding hydrogens is 192 g/mol. The largest absolute Gasteiger partial charge is 0.415 e. The predicted molar refractivity (Wildman–Crippen MR) is 56.9 cm³/mol. The van der Waals surface area contributed by atoms with Gasteiger partial charge < -0.3 is 15.0 Å². The lowest BCUT2D eigenvalue weighted by Crippen LogP contribution is -2.47. The summed E-state index contributed by atoms with van der Waals surface area (Å²) in [6.45, 7) is 3.10. The molecule has 1 saturated heterocycles. The number of carbonyl (C=O) groups is 1. The molecule has 1 N–H and O–H groups in total. The van der Waals surface area contributed by atoms with E-state index in [-0.39, 0.29) is 6.09 Å². The highest BCUT2D eigenvalue weighted by Gasteiger charge is 2.17. The molecule has 0 spiro atoms. The topological polar surface area (TPSA) is 41.6 Å². The van der Waals surface area contributed by atoms with E-state index in [1.807, 2.05) is 18.2 Å². The van der Waals surface area contributed by atoms with Crippen LogP contribution in [0.3, 0.4) is 0 Å². The monoisotopic (exact) mass is 206 g/mol. The van der Waals surface area contributed by atoms with Gasteiger partial charge in [0.15, 0.2) is 0 Å². The Bertz CT molecular complexity index is 321. The molecule has 0 unspecified atom stereocenters. The molecule has 80 valence electrons. The van der Waals surface area contributed by atoms with Crippen molar-refractivity contribution in [3.63, 3.8) is 0 Å². The summed E-state index contributed by atoms with van der Waals surface area (Å²) >= 11 is 0. The zero-order chi connectivity index (χ0) is 10.5. The zero-order valence-corrected chi connectivity index (χ0v) is 8.48. The van der Waals surface area contributed by atoms with E-state index in [0.717, 1.165) is 13.1 Å². The number of ether oxygens (including phenoxy) is 1. The molecule has 15 heavy (non-hydrogen) atoms. The molecule has 1 heterocycles. The lowest BCUT2D eigenvalue weighted by atomic mass is 10.3. The fourth-order valence-electron chi connectivity index (χ4n) is 1.50. The first-order valence-electron chi connectivity index (χ1n) is 5.09. The molecule has 0 atom stereocenters. The van der Waals surface area contributed by atoms with Crippen molar-refractivity contribution in [2.24, 2.45) is 0 Å². The smallest absolute Gasteiger partial charge is 0.410 e. The second kappa shape index (κ2) is 4.79. The van der Waals surface area contributed by atoms with Crippen LogP contribution in [0.1, 0.15) is 0 Å². The molecule has 1 aliphatic heterocycles. The molecule has 1 aliphatic rings. The van der Waals surface area contributed by atoms with Gasteiger partial charge in [-0.2, -0.15) is 0 Å². The van der Waals surface area contributed by atoms with Crippen molar-refractivity contribution in [3.8, 4) is 5.75 Å². The van der Waals surface area contributed by atoms with E-state index in [1.54, 1.807) is 17.0 Å². The average Bonchev–Trinajstić information content (AvgIpc) is 2.31. The molecule has 4 nitrogen and oxygen atoms in total. The van der Waals surface area contributed by atoms with Crippen LogP contribution in [0.15, 0.2) is 30.3 Å². The van der Waals surface area contributed by atoms with Gasteiger partial charge >= 0.3 is 6.09 Å². The lowest BCUT2D eigenvalue weighted by Gasteiger charge is -2.26.